The third-order valence-corrected chi connectivity index (χ3v) is 4.59. The highest BCUT2D eigenvalue weighted by molar-refractivity contribution is 5.75. The van der Waals surface area contributed by atoms with E-state index < -0.39 is 11.6 Å². The Hall–Kier alpha value is -4.08. The molecule has 3 N–H and O–H groups in total. The highest BCUT2D eigenvalue weighted by Crippen LogP contribution is 2.41. The molecule has 9 nitrogen and oxygen atoms in total. The monoisotopic (exact) mass is 377 g/mol. The summed E-state index contributed by atoms with van der Waals surface area (Å²) in [5.74, 6) is 0.0305. The summed E-state index contributed by atoms with van der Waals surface area (Å²) in [7, 11) is 0. The molecule has 1 atom stereocenters. The number of rotatable bonds is 2. The number of phenolic OH excluding ortho intramolecular Hbond substituents is 1. The van der Waals surface area contributed by atoms with Gasteiger partial charge in [0, 0.05) is 11.1 Å². The Labute approximate surface area is 156 Å². The summed E-state index contributed by atoms with van der Waals surface area (Å²) in [6, 6.07) is 11.8. The van der Waals surface area contributed by atoms with Gasteiger partial charge < -0.3 is 10.4 Å². The summed E-state index contributed by atoms with van der Waals surface area (Å²) in [6.45, 7) is 0. The fourth-order valence-corrected chi connectivity index (χ4v) is 3.33. The summed E-state index contributed by atoms with van der Waals surface area (Å²) in [6.07, 6.45) is 0. The van der Waals surface area contributed by atoms with Gasteiger partial charge in [0.1, 0.15) is 23.3 Å². The van der Waals surface area contributed by atoms with E-state index in [-0.39, 0.29) is 17.3 Å². The Morgan fingerprint density at radius 2 is 1.82 bits per heavy atom. The average molecular weight is 377 g/mol. The molecular formula is C18H12FN7O2. The molecule has 1 aliphatic rings. The summed E-state index contributed by atoms with van der Waals surface area (Å²) in [5, 5.41) is 30.9. The number of anilines is 2. The number of aromatic nitrogens is 6. The van der Waals surface area contributed by atoms with E-state index in [4.69, 9.17) is 0 Å². The van der Waals surface area contributed by atoms with Crippen LogP contribution >= 0.6 is 0 Å². The lowest BCUT2D eigenvalue weighted by molar-refractivity contribution is 0.474. The van der Waals surface area contributed by atoms with Crippen molar-refractivity contribution in [3.05, 3.63) is 75.8 Å². The van der Waals surface area contributed by atoms with Crippen molar-refractivity contribution in [2.75, 3.05) is 5.32 Å². The molecule has 0 amide bonds. The Morgan fingerprint density at radius 3 is 2.57 bits per heavy atom. The first kappa shape index (κ1) is 16.1. The molecule has 3 heterocycles. The van der Waals surface area contributed by atoms with Crippen LogP contribution in [-0.4, -0.2) is 35.5 Å². The molecule has 28 heavy (non-hydrogen) atoms. The highest BCUT2D eigenvalue weighted by atomic mass is 19.1. The maximum absolute atomic E-state index is 13.4. The standard InChI is InChI=1S/C18H12FN7O2/c19-11-5-1-9(2-6-11)14-13-15(17(28)22-21-14)20-18-23-24-25-26(18)16(13)10-3-7-12(27)8-4-10/h1-8,16,27H,(H,22,28)(H,20,23,25)/t16-/m0/s1. The van der Waals surface area contributed by atoms with Crippen LogP contribution in [0.4, 0.5) is 16.0 Å². The molecule has 2 aromatic carbocycles. The number of halogens is 1. The largest absolute Gasteiger partial charge is 0.508 e. The molecule has 0 bridgehead atoms. The Bertz CT molecular complexity index is 1230. The van der Waals surface area contributed by atoms with E-state index >= 15 is 0 Å². The van der Waals surface area contributed by atoms with Gasteiger partial charge in [-0.25, -0.2) is 9.49 Å². The van der Waals surface area contributed by atoms with Crippen molar-refractivity contribution in [3.8, 4) is 17.0 Å². The third kappa shape index (κ3) is 2.42. The van der Waals surface area contributed by atoms with Gasteiger partial charge in [0.2, 0.25) is 5.95 Å². The zero-order valence-corrected chi connectivity index (χ0v) is 14.2. The number of benzene rings is 2. The fourth-order valence-electron chi connectivity index (χ4n) is 3.33. The normalized spacial score (nSPS) is 14.8. The zero-order chi connectivity index (χ0) is 19.3. The minimum Gasteiger partial charge on any atom is -0.508 e. The first-order valence-electron chi connectivity index (χ1n) is 8.34. The number of fused-ring (bicyclic) bond motifs is 2. The molecule has 0 saturated heterocycles. The van der Waals surface area contributed by atoms with Gasteiger partial charge in [0.25, 0.3) is 5.56 Å². The maximum Gasteiger partial charge on any atom is 0.288 e. The predicted molar refractivity (Wildman–Crippen MR) is 96.7 cm³/mol. The summed E-state index contributed by atoms with van der Waals surface area (Å²) < 4.78 is 14.9. The number of hydrogen-bond donors (Lipinski definition) is 3. The van der Waals surface area contributed by atoms with E-state index in [0.717, 1.165) is 5.56 Å². The van der Waals surface area contributed by atoms with Crippen LogP contribution < -0.4 is 10.9 Å². The number of nitrogens with zero attached hydrogens (tertiary/aromatic N) is 5. The molecule has 4 aromatic rings. The number of tetrazole rings is 1. The van der Waals surface area contributed by atoms with E-state index in [1.165, 1.54) is 16.8 Å². The van der Waals surface area contributed by atoms with Crippen LogP contribution in [0.15, 0.2) is 53.3 Å². The van der Waals surface area contributed by atoms with Crippen LogP contribution in [0, 0.1) is 5.82 Å². The lowest BCUT2D eigenvalue weighted by Crippen LogP contribution is -2.29. The van der Waals surface area contributed by atoms with Crippen molar-refractivity contribution in [3.63, 3.8) is 0 Å². The molecule has 10 heteroatoms. The molecule has 1 aliphatic heterocycles. The number of nitrogens with one attached hydrogen (secondary N) is 2. The second-order valence-electron chi connectivity index (χ2n) is 6.26. The molecular weight excluding hydrogens is 365 g/mol. The van der Waals surface area contributed by atoms with Crippen LogP contribution in [0.25, 0.3) is 11.3 Å². The molecule has 2 aromatic heterocycles. The van der Waals surface area contributed by atoms with Gasteiger partial charge in [-0.05, 0) is 52.4 Å². The number of aromatic hydroxyl groups is 1. The van der Waals surface area contributed by atoms with Gasteiger partial charge >= 0.3 is 0 Å². The highest BCUT2D eigenvalue weighted by Gasteiger charge is 2.34. The minimum atomic E-state index is -0.572. The summed E-state index contributed by atoms with van der Waals surface area (Å²) in [5.41, 5.74) is 2.19. The van der Waals surface area contributed by atoms with Crippen LogP contribution in [-0.2, 0) is 0 Å². The Kier molecular flexibility index (Phi) is 3.44. The van der Waals surface area contributed by atoms with E-state index in [1.807, 2.05) is 0 Å². The van der Waals surface area contributed by atoms with E-state index in [1.54, 1.807) is 36.4 Å². The van der Waals surface area contributed by atoms with Crippen LogP contribution in [0.2, 0.25) is 0 Å². The number of hydrogen-bond acceptors (Lipinski definition) is 7. The van der Waals surface area contributed by atoms with Gasteiger partial charge in [-0.2, -0.15) is 9.78 Å². The van der Waals surface area contributed by atoms with Crippen LogP contribution in [0.1, 0.15) is 17.2 Å². The van der Waals surface area contributed by atoms with Gasteiger partial charge in [-0.3, -0.25) is 4.79 Å². The summed E-state index contributed by atoms with van der Waals surface area (Å²) in [4.78, 5) is 12.5. The van der Waals surface area contributed by atoms with E-state index in [2.05, 4.69) is 31.0 Å². The van der Waals surface area contributed by atoms with Crippen molar-refractivity contribution in [1.82, 2.24) is 30.4 Å². The number of H-pyrrole nitrogens is 1. The van der Waals surface area contributed by atoms with E-state index in [9.17, 15) is 14.3 Å². The van der Waals surface area contributed by atoms with Crippen LogP contribution in [0.3, 0.4) is 0 Å². The maximum atomic E-state index is 13.4. The van der Waals surface area contributed by atoms with E-state index in [0.29, 0.717) is 22.8 Å². The minimum absolute atomic E-state index is 0.109. The SMILES string of the molecule is O=c1[nH]nc(-c2ccc(F)cc2)c2c1Nc1nnnn1[C@H]2c1ccc(O)cc1. The van der Waals surface area contributed by atoms with Crippen molar-refractivity contribution in [2.24, 2.45) is 0 Å². The van der Waals surface area contributed by atoms with Crippen molar-refractivity contribution in [2.45, 2.75) is 6.04 Å². The summed E-state index contributed by atoms with van der Waals surface area (Å²) >= 11 is 0. The topological polar surface area (TPSA) is 122 Å². The Morgan fingerprint density at radius 1 is 1.07 bits per heavy atom. The van der Waals surface area contributed by atoms with Gasteiger partial charge in [0.15, 0.2) is 0 Å². The molecule has 0 spiro atoms. The lowest BCUT2D eigenvalue weighted by atomic mass is 9.92. The first-order valence-corrected chi connectivity index (χ1v) is 8.34. The third-order valence-electron chi connectivity index (χ3n) is 4.59. The molecule has 0 saturated carbocycles. The van der Waals surface area contributed by atoms with Crippen molar-refractivity contribution < 1.29 is 9.50 Å². The number of aromatic amines is 1. The lowest BCUT2D eigenvalue weighted by Gasteiger charge is -2.27. The smallest absolute Gasteiger partial charge is 0.288 e. The van der Waals surface area contributed by atoms with Gasteiger partial charge in [0.05, 0.1) is 5.69 Å². The van der Waals surface area contributed by atoms with Crippen LogP contribution in [0.5, 0.6) is 5.75 Å². The quantitative estimate of drug-likeness (QED) is 0.430. The number of phenols is 1. The Balaban J connectivity index is 1.81. The molecule has 138 valence electrons. The first-order chi connectivity index (χ1) is 13.6. The predicted octanol–water partition coefficient (Wildman–Crippen LogP) is 1.96. The van der Waals surface area contributed by atoms with Gasteiger partial charge in [-0.15, -0.1) is 0 Å². The molecule has 0 fully saturated rings. The second-order valence-corrected chi connectivity index (χ2v) is 6.26. The van der Waals surface area contributed by atoms with Crippen molar-refractivity contribution >= 4 is 11.6 Å². The fraction of sp³-hybridized carbons (Fsp3) is 0.0556. The second kappa shape index (κ2) is 5.98. The molecule has 5 rings (SSSR count). The van der Waals surface area contributed by atoms with Crippen molar-refractivity contribution in [1.29, 1.82) is 0 Å². The van der Waals surface area contributed by atoms with Gasteiger partial charge in [-0.1, -0.05) is 17.2 Å². The molecule has 0 unspecified atom stereocenters. The zero-order valence-electron chi connectivity index (χ0n) is 14.2. The molecule has 0 aliphatic carbocycles. The average Bonchev–Trinajstić information content (AvgIpc) is 3.17. The molecule has 0 radical (unpaired) electrons.